The van der Waals surface area contributed by atoms with E-state index in [1.807, 2.05) is 44.2 Å². The molecule has 3 fully saturated rings. The SMILES string of the molecule is CC1CCCN1c1cccc(NC(=O)c2ccc(NC(C)(C)CO)nc2N2CCC3(CC2)CC3)n1. The average Bonchev–Trinajstić information content (AvgIpc) is 3.46. The van der Waals surface area contributed by atoms with Crippen LogP contribution < -0.4 is 20.4 Å². The molecule has 5 rings (SSSR count). The molecule has 8 heteroatoms. The number of hydrogen-bond donors (Lipinski definition) is 3. The molecule has 3 aliphatic rings. The summed E-state index contributed by atoms with van der Waals surface area (Å²) in [5.41, 5.74) is 0.571. The Bertz CT molecular complexity index is 1070. The molecule has 188 valence electrons. The number of carbonyl (C=O) groups is 1. The molecule has 0 bridgehead atoms. The van der Waals surface area contributed by atoms with Crippen molar-refractivity contribution >= 4 is 29.2 Å². The first-order valence-electron chi connectivity index (χ1n) is 13.0. The quantitative estimate of drug-likeness (QED) is 0.547. The van der Waals surface area contributed by atoms with Crippen LogP contribution in [0.15, 0.2) is 30.3 Å². The Morgan fingerprint density at radius 1 is 1.09 bits per heavy atom. The molecule has 1 amide bonds. The predicted octanol–water partition coefficient (Wildman–Crippen LogP) is 4.28. The topological polar surface area (TPSA) is 93.6 Å². The first-order valence-corrected chi connectivity index (χ1v) is 13.0. The number of aliphatic hydroxyl groups excluding tert-OH is 1. The number of pyridine rings is 2. The van der Waals surface area contributed by atoms with Crippen molar-refractivity contribution in [1.29, 1.82) is 0 Å². The van der Waals surface area contributed by atoms with Crippen molar-refractivity contribution in [2.45, 2.75) is 70.9 Å². The van der Waals surface area contributed by atoms with Crippen molar-refractivity contribution in [3.05, 3.63) is 35.9 Å². The van der Waals surface area contributed by atoms with E-state index in [1.165, 1.54) is 19.3 Å². The van der Waals surface area contributed by atoms with Crippen molar-refractivity contribution in [1.82, 2.24) is 9.97 Å². The summed E-state index contributed by atoms with van der Waals surface area (Å²) in [7, 11) is 0. The largest absolute Gasteiger partial charge is 0.394 e. The van der Waals surface area contributed by atoms with Gasteiger partial charge in [-0.2, -0.15) is 0 Å². The highest BCUT2D eigenvalue weighted by Gasteiger charge is 2.45. The Morgan fingerprint density at radius 3 is 2.51 bits per heavy atom. The molecule has 1 aliphatic carbocycles. The lowest BCUT2D eigenvalue weighted by atomic mass is 9.93. The molecule has 35 heavy (non-hydrogen) atoms. The van der Waals surface area contributed by atoms with Gasteiger partial charge in [-0.05, 0) is 89.0 Å². The van der Waals surface area contributed by atoms with Gasteiger partial charge in [0.2, 0.25) is 0 Å². The van der Waals surface area contributed by atoms with Gasteiger partial charge in [-0.1, -0.05) is 6.07 Å². The van der Waals surface area contributed by atoms with Crippen LogP contribution in [0.2, 0.25) is 0 Å². The molecule has 4 heterocycles. The number of hydrogen-bond acceptors (Lipinski definition) is 7. The lowest BCUT2D eigenvalue weighted by Gasteiger charge is -2.34. The second kappa shape index (κ2) is 9.30. The normalized spacial score (nSPS) is 21.3. The molecule has 8 nitrogen and oxygen atoms in total. The predicted molar refractivity (Wildman–Crippen MR) is 140 cm³/mol. The van der Waals surface area contributed by atoms with Gasteiger partial charge in [-0.25, -0.2) is 9.97 Å². The zero-order chi connectivity index (χ0) is 24.6. The number of aromatic nitrogens is 2. The monoisotopic (exact) mass is 478 g/mol. The maximum absolute atomic E-state index is 13.5. The average molecular weight is 479 g/mol. The van der Waals surface area contributed by atoms with Crippen molar-refractivity contribution in [2.75, 3.05) is 46.7 Å². The first-order chi connectivity index (χ1) is 16.8. The number of amides is 1. The third-order valence-electron chi connectivity index (χ3n) is 7.89. The molecule has 2 aromatic heterocycles. The van der Waals surface area contributed by atoms with E-state index >= 15 is 0 Å². The minimum absolute atomic E-state index is 0.0177. The van der Waals surface area contributed by atoms with E-state index in [9.17, 15) is 9.90 Å². The van der Waals surface area contributed by atoms with Gasteiger partial charge in [-0.3, -0.25) is 4.79 Å². The standard InChI is InChI=1S/C27H38N6O2/c1-19-6-5-15-33(19)23-8-4-7-21(28-23)30-25(35)20-9-10-22(31-26(2,3)18-34)29-24(20)32-16-13-27(11-12-27)14-17-32/h4,7-10,19,34H,5-6,11-18H2,1-3H3,(H,29,31)(H,28,30,35). The molecule has 1 unspecified atom stereocenters. The number of nitrogens with zero attached hydrogens (tertiary/aromatic N) is 4. The van der Waals surface area contributed by atoms with Gasteiger partial charge in [-0.15, -0.1) is 0 Å². The van der Waals surface area contributed by atoms with Crippen LogP contribution >= 0.6 is 0 Å². The molecule has 1 spiro atoms. The molecule has 1 atom stereocenters. The van der Waals surface area contributed by atoms with Crippen LogP contribution in [-0.2, 0) is 0 Å². The van der Waals surface area contributed by atoms with Crippen LogP contribution in [0.5, 0.6) is 0 Å². The van der Waals surface area contributed by atoms with E-state index in [0.717, 1.165) is 44.7 Å². The van der Waals surface area contributed by atoms with E-state index in [2.05, 4.69) is 27.4 Å². The molecular formula is C27H38N6O2. The van der Waals surface area contributed by atoms with Gasteiger partial charge in [0.05, 0.1) is 17.7 Å². The summed E-state index contributed by atoms with van der Waals surface area (Å²) in [5, 5.41) is 16.0. The van der Waals surface area contributed by atoms with Gasteiger partial charge in [0.1, 0.15) is 23.3 Å². The summed E-state index contributed by atoms with van der Waals surface area (Å²) in [6.07, 6.45) is 7.27. The molecule has 0 radical (unpaired) electrons. The van der Waals surface area contributed by atoms with E-state index in [4.69, 9.17) is 9.97 Å². The van der Waals surface area contributed by atoms with E-state index in [1.54, 1.807) is 0 Å². The minimum atomic E-state index is -0.509. The maximum Gasteiger partial charge on any atom is 0.260 e. The Kier molecular flexibility index (Phi) is 6.34. The highest BCUT2D eigenvalue weighted by atomic mass is 16.3. The highest BCUT2D eigenvalue weighted by Crippen LogP contribution is 2.54. The third-order valence-corrected chi connectivity index (χ3v) is 7.89. The van der Waals surface area contributed by atoms with Crippen LogP contribution in [0.3, 0.4) is 0 Å². The maximum atomic E-state index is 13.5. The van der Waals surface area contributed by atoms with Crippen LogP contribution in [0.4, 0.5) is 23.3 Å². The second-order valence-corrected chi connectivity index (χ2v) is 11.2. The first kappa shape index (κ1) is 23.9. The molecule has 2 aromatic rings. The van der Waals surface area contributed by atoms with Crippen LogP contribution in [-0.4, -0.2) is 58.8 Å². The fourth-order valence-electron chi connectivity index (χ4n) is 5.30. The number of anilines is 4. The number of nitrogens with one attached hydrogen (secondary N) is 2. The molecular weight excluding hydrogens is 440 g/mol. The Labute approximate surface area is 208 Å². The number of piperidine rings is 1. The molecule has 1 saturated carbocycles. The van der Waals surface area contributed by atoms with E-state index < -0.39 is 5.54 Å². The summed E-state index contributed by atoms with van der Waals surface area (Å²) in [4.78, 5) is 27.6. The highest BCUT2D eigenvalue weighted by molar-refractivity contribution is 6.07. The van der Waals surface area contributed by atoms with E-state index in [-0.39, 0.29) is 12.5 Å². The third kappa shape index (κ3) is 5.22. The summed E-state index contributed by atoms with van der Waals surface area (Å²) in [6, 6.07) is 9.91. The van der Waals surface area contributed by atoms with Crippen LogP contribution in [0.25, 0.3) is 0 Å². The zero-order valence-corrected chi connectivity index (χ0v) is 21.2. The zero-order valence-electron chi connectivity index (χ0n) is 21.2. The number of rotatable bonds is 7. The van der Waals surface area contributed by atoms with Gasteiger partial charge in [0.25, 0.3) is 5.91 Å². The van der Waals surface area contributed by atoms with E-state index in [0.29, 0.717) is 34.5 Å². The van der Waals surface area contributed by atoms with Gasteiger partial charge >= 0.3 is 0 Å². The minimum Gasteiger partial charge on any atom is -0.394 e. The molecule has 3 N–H and O–H groups in total. The van der Waals surface area contributed by atoms with Crippen LogP contribution in [0, 0.1) is 5.41 Å². The molecule has 0 aromatic carbocycles. The Balaban J connectivity index is 1.39. The lowest BCUT2D eigenvalue weighted by molar-refractivity contribution is 0.102. The summed E-state index contributed by atoms with van der Waals surface area (Å²) >= 11 is 0. The molecule has 2 saturated heterocycles. The van der Waals surface area contributed by atoms with Crippen molar-refractivity contribution in [2.24, 2.45) is 5.41 Å². The van der Waals surface area contributed by atoms with Crippen LogP contribution in [0.1, 0.15) is 69.7 Å². The summed E-state index contributed by atoms with van der Waals surface area (Å²) in [5.74, 6) is 2.61. The van der Waals surface area contributed by atoms with Gasteiger partial charge in [0.15, 0.2) is 0 Å². The van der Waals surface area contributed by atoms with Crippen molar-refractivity contribution in [3.63, 3.8) is 0 Å². The summed E-state index contributed by atoms with van der Waals surface area (Å²) < 4.78 is 0. The fourth-order valence-corrected chi connectivity index (χ4v) is 5.30. The number of carbonyl (C=O) groups excluding carboxylic acids is 1. The lowest BCUT2D eigenvalue weighted by Crippen LogP contribution is -2.38. The number of aliphatic hydroxyl groups is 1. The van der Waals surface area contributed by atoms with Crippen molar-refractivity contribution in [3.8, 4) is 0 Å². The van der Waals surface area contributed by atoms with Gasteiger partial charge in [0, 0.05) is 25.7 Å². The summed E-state index contributed by atoms with van der Waals surface area (Å²) in [6.45, 7) is 8.85. The molecule has 2 aliphatic heterocycles. The second-order valence-electron chi connectivity index (χ2n) is 11.2. The Morgan fingerprint density at radius 2 is 1.86 bits per heavy atom. The smallest absolute Gasteiger partial charge is 0.260 e. The fraction of sp³-hybridized carbons (Fsp3) is 0.593. The van der Waals surface area contributed by atoms with Gasteiger partial charge < -0.3 is 25.5 Å². The Hall–Kier alpha value is -2.87. The van der Waals surface area contributed by atoms with Crippen molar-refractivity contribution < 1.29 is 9.90 Å².